The third kappa shape index (κ3) is 5.54. The number of benzene rings is 4. The fourth-order valence-electron chi connectivity index (χ4n) is 5.25. The lowest BCUT2D eigenvalue weighted by Gasteiger charge is -2.24. The van der Waals surface area contributed by atoms with Gasteiger partial charge in [0.1, 0.15) is 23.9 Å². The van der Waals surface area contributed by atoms with E-state index in [0.717, 1.165) is 28.0 Å². The molecule has 0 aromatic heterocycles. The number of phenolic OH excluding ortho intramolecular Hbond substituents is 1. The zero-order valence-electron chi connectivity index (χ0n) is 21.2. The van der Waals surface area contributed by atoms with Gasteiger partial charge in [0.2, 0.25) is 0 Å². The number of hydrogen-bond acceptors (Lipinski definition) is 4. The van der Waals surface area contributed by atoms with E-state index in [1.54, 1.807) is 19.3 Å². The highest BCUT2D eigenvalue weighted by Crippen LogP contribution is 2.38. The lowest BCUT2D eigenvalue weighted by molar-refractivity contribution is 0.104. The Morgan fingerprint density at radius 3 is 2.54 bits per heavy atom. The molecular weight excluding hydrogens is 460 g/mol. The second-order valence-corrected chi connectivity index (χ2v) is 9.61. The average molecular weight is 493 g/mol. The minimum absolute atomic E-state index is 0.00759. The summed E-state index contributed by atoms with van der Waals surface area (Å²) in [6.07, 6.45) is 9.55. The Kier molecular flexibility index (Phi) is 7.55. The molecule has 4 heteroatoms. The number of rotatable bonds is 8. The number of fused-ring (bicyclic) bond motifs is 1. The third-order valence-electron chi connectivity index (χ3n) is 7.24. The summed E-state index contributed by atoms with van der Waals surface area (Å²) in [6, 6.07) is 25.1. The topological polar surface area (TPSA) is 55.8 Å². The van der Waals surface area contributed by atoms with Crippen molar-refractivity contribution in [2.24, 2.45) is 0 Å². The molecule has 0 unspecified atom stereocenters. The fraction of sp³-hybridized carbons (Fsp3) is 0.242. The summed E-state index contributed by atoms with van der Waals surface area (Å²) in [5, 5.41) is 12.2. The van der Waals surface area contributed by atoms with Gasteiger partial charge in [0.15, 0.2) is 5.78 Å². The van der Waals surface area contributed by atoms with Crippen molar-refractivity contribution in [3.05, 3.63) is 107 Å². The SMILES string of the molecule is COc1ccc(/C=C/C(=O)c2ccc3ccccc3c2O)cc1COc1ccccc1C1CCCCC1. The van der Waals surface area contributed by atoms with Crippen LogP contribution in [0.5, 0.6) is 17.2 Å². The highest BCUT2D eigenvalue weighted by atomic mass is 16.5. The number of carbonyl (C=O) groups excluding carboxylic acids is 1. The minimum Gasteiger partial charge on any atom is -0.507 e. The maximum Gasteiger partial charge on any atom is 0.189 e. The van der Waals surface area contributed by atoms with Crippen LogP contribution < -0.4 is 9.47 Å². The van der Waals surface area contributed by atoms with E-state index in [2.05, 4.69) is 18.2 Å². The molecule has 1 aliphatic carbocycles. The number of methoxy groups -OCH3 is 1. The van der Waals surface area contributed by atoms with Gasteiger partial charge in [-0.3, -0.25) is 4.79 Å². The van der Waals surface area contributed by atoms with Crippen LogP contribution >= 0.6 is 0 Å². The van der Waals surface area contributed by atoms with E-state index in [0.29, 0.717) is 17.9 Å². The Hall–Kier alpha value is -4.05. The van der Waals surface area contributed by atoms with Gasteiger partial charge in [0.05, 0.1) is 12.7 Å². The summed E-state index contributed by atoms with van der Waals surface area (Å²) in [5.74, 6) is 1.98. The molecule has 0 aliphatic heterocycles. The molecule has 0 spiro atoms. The molecule has 1 saturated carbocycles. The van der Waals surface area contributed by atoms with Crippen LogP contribution in [0.2, 0.25) is 0 Å². The molecule has 1 aliphatic rings. The normalized spacial score (nSPS) is 14.2. The first kappa shape index (κ1) is 24.6. The highest BCUT2D eigenvalue weighted by molar-refractivity contribution is 6.11. The number of phenols is 1. The van der Waals surface area contributed by atoms with Gasteiger partial charge in [-0.15, -0.1) is 0 Å². The van der Waals surface area contributed by atoms with E-state index in [1.165, 1.54) is 43.7 Å². The van der Waals surface area contributed by atoms with Gasteiger partial charge >= 0.3 is 0 Å². The Morgan fingerprint density at radius 2 is 1.70 bits per heavy atom. The van der Waals surface area contributed by atoms with Crippen LogP contribution in [0.25, 0.3) is 16.8 Å². The van der Waals surface area contributed by atoms with E-state index in [-0.39, 0.29) is 17.1 Å². The van der Waals surface area contributed by atoms with E-state index in [1.807, 2.05) is 54.6 Å². The quantitative estimate of drug-likeness (QED) is 0.200. The highest BCUT2D eigenvalue weighted by Gasteiger charge is 2.19. The van der Waals surface area contributed by atoms with Gasteiger partial charge in [-0.1, -0.05) is 79.9 Å². The predicted octanol–water partition coefficient (Wildman–Crippen LogP) is 8.08. The summed E-state index contributed by atoms with van der Waals surface area (Å²) in [7, 11) is 1.65. The van der Waals surface area contributed by atoms with Gasteiger partial charge in [0, 0.05) is 10.9 Å². The average Bonchev–Trinajstić information content (AvgIpc) is 2.96. The van der Waals surface area contributed by atoms with Gasteiger partial charge < -0.3 is 14.6 Å². The van der Waals surface area contributed by atoms with Crippen LogP contribution in [-0.4, -0.2) is 18.0 Å². The number of ketones is 1. The van der Waals surface area contributed by atoms with Gasteiger partial charge in [-0.2, -0.15) is 0 Å². The molecule has 0 saturated heterocycles. The van der Waals surface area contributed by atoms with Crippen molar-refractivity contribution < 1.29 is 19.4 Å². The maximum atomic E-state index is 12.9. The van der Waals surface area contributed by atoms with E-state index >= 15 is 0 Å². The summed E-state index contributed by atoms with van der Waals surface area (Å²) in [4.78, 5) is 12.9. The number of ether oxygens (including phenoxy) is 2. The van der Waals surface area contributed by atoms with Crippen LogP contribution in [0.15, 0.2) is 84.9 Å². The van der Waals surface area contributed by atoms with Crippen molar-refractivity contribution in [3.8, 4) is 17.2 Å². The van der Waals surface area contributed by atoms with Gasteiger partial charge in [-0.25, -0.2) is 0 Å². The zero-order chi connectivity index (χ0) is 25.6. The van der Waals surface area contributed by atoms with Crippen LogP contribution in [0.4, 0.5) is 0 Å². The van der Waals surface area contributed by atoms with Crippen molar-refractivity contribution in [1.29, 1.82) is 0 Å². The minimum atomic E-state index is -0.252. The van der Waals surface area contributed by atoms with Crippen LogP contribution in [0, 0.1) is 0 Å². The standard InChI is InChI=1S/C33H32O4/c1-36-31-20-16-23(15-19-30(34)29-18-17-25-11-5-6-13-28(25)33(29)35)21-26(31)22-37-32-14-8-7-12-27(32)24-9-3-2-4-10-24/h5-8,11-21,24,35H,2-4,9-10,22H2,1H3/b19-15+. The van der Waals surface area contributed by atoms with Crippen LogP contribution in [0.1, 0.15) is 65.1 Å². The summed E-state index contributed by atoms with van der Waals surface area (Å²) < 4.78 is 11.9. The molecule has 37 heavy (non-hydrogen) atoms. The van der Waals surface area contributed by atoms with Gasteiger partial charge in [-0.05, 0) is 65.6 Å². The number of carbonyl (C=O) groups is 1. The molecule has 1 fully saturated rings. The molecule has 1 N–H and O–H groups in total. The third-order valence-corrected chi connectivity index (χ3v) is 7.24. The first-order valence-corrected chi connectivity index (χ1v) is 13.0. The molecule has 5 rings (SSSR count). The summed E-state index contributed by atoms with van der Waals surface area (Å²) in [6.45, 7) is 0.369. The lowest BCUT2D eigenvalue weighted by atomic mass is 9.84. The number of allylic oxidation sites excluding steroid dienone is 1. The molecule has 188 valence electrons. The molecule has 0 radical (unpaired) electrons. The molecule has 0 amide bonds. The summed E-state index contributed by atoms with van der Waals surface area (Å²) in [5.41, 5.74) is 3.34. The Balaban J connectivity index is 1.34. The molecule has 4 aromatic rings. The molecular formula is C33H32O4. The second-order valence-electron chi connectivity index (χ2n) is 9.61. The largest absolute Gasteiger partial charge is 0.507 e. The number of para-hydroxylation sites is 1. The number of aromatic hydroxyl groups is 1. The van der Waals surface area contributed by atoms with Crippen LogP contribution in [-0.2, 0) is 6.61 Å². The second kappa shape index (κ2) is 11.3. The predicted molar refractivity (Wildman–Crippen MR) is 149 cm³/mol. The van der Waals surface area contributed by atoms with Gasteiger partial charge in [0.25, 0.3) is 0 Å². The smallest absolute Gasteiger partial charge is 0.189 e. The first-order valence-electron chi connectivity index (χ1n) is 13.0. The maximum absolute atomic E-state index is 12.9. The van der Waals surface area contributed by atoms with Crippen molar-refractivity contribution in [2.75, 3.05) is 7.11 Å². The molecule has 4 nitrogen and oxygen atoms in total. The molecule has 0 atom stereocenters. The fourth-order valence-corrected chi connectivity index (χ4v) is 5.25. The Labute approximate surface area is 218 Å². The van der Waals surface area contributed by atoms with E-state index in [9.17, 15) is 9.90 Å². The monoisotopic (exact) mass is 492 g/mol. The molecule has 4 aromatic carbocycles. The van der Waals surface area contributed by atoms with E-state index < -0.39 is 0 Å². The Morgan fingerprint density at radius 1 is 0.919 bits per heavy atom. The first-order chi connectivity index (χ1) is 18.1. The van der Waals surface area contributed by atoms with Crippen molar-refractivity contribution in [2.45, 2.75) is 44.6 Å². The molecule has 0 bridgehead atoms. The zero-order valence-corrected chi connectivity index (χ0v) is 21.2. The Bertz CT molecular complexity index is 1430. The molecule has 0 heterocycles. The summed E-state index contributed by atoms with van der Waals surface area (Å²) >= 11 is 0. The van der Waals surface area contributed by atoms with E-state index in [4.69, 9.17) is 9.47 Å². The van der Waals surface area contributed by atoms with Crippen molar-refractivity contribution >= 4 is 22.6 Å². The van der Waals surface area contributed by atoms with Crippen molar-refractivity contribution in [1.82, 2.24) is 0 Å². The van der Waals surface area contributed by atoms with Crippen LogP contribution in [0.3, 0.4) is 0 Å². The number of hydrogen-bond donors (Lipinski definition) is 1. The lowest BCUT2D eigenvalue weighted by Crippen LogP contribution is -2.07. The van der Waals surface area contributed by atoms with Crippen molar-refractivity contribution in [3.63, 3.8) is 0 Å².